The van der Waals surface area contributed by atoms with Crippen molar-refractivity contribution in [1.82, 2.24) is 9.97 Å². The monoisotopic (exact) mass is 384 g/mol. The molecule has 136 valence electrons. The number of benzene rings is 1. The van der Waals surface area contributed by atoms with E-state index in [2.05, 4.69) is 20.6 Å². The van der Waals surface area contributed by atoms with Crippen LogP contribution in [0.25, 0.3) is 0 Å². The van der Waals surface area contributed by atoms with Crippen molar-refractivity contribution in [3.8, 4) is 0 Å². The Bertz CT molecular complexity index is 1000. The lowest BCUT2D eigenvalue weighted by atomic mass is 10.2. The van der Waals surface area contributed by atoms with Crippen LogP contribution in [0.1, 0.15) is 20.8 Å². The maximum atomic E-state index is 12.4. The van der Waals surface area contributed by atoms with Gasteiger partial charge >= 0.3 is 0 Å². The van der Waals surface area contributed by atoms with E-state index in [9.17, 15) is 19.7 Å². The van der Waals surface area contributed by atoms with Gasteiger partial charge in [0.15, 0.2) is 10.8 Å². The lowest BCUT2D eigenvalue weighted by Crippen LogP contribution is -2.17. The van der Waals surface area contributed by atoms with Crippen LogP contribution in [0.15, 0.2) is 48.8 Å². The molecule has 0 fully saturated rings. The van der Waals surface area contributed by atoms with E-state index in [1.54, 1.807) is 24.5 Å². The quantitative estimate of drug-likeness (QED) is 0.436. The molecule has 0 aliphatic heterocycles. The number of hydrogen-bond acceptors (Lipinski definition) is 8. The molecule has 0 saturated carbocycles. The van der Waals surface area contributed by atoms with Gasteiger partial charge in [0, 0.05) is 23.9 Å². The van der Waals surface area contributed by atoms with E-state index < -0.39 is 16.7 Å². The zero-order valence-electron chi connectivity index (χ0n) is 13.6. The first kappa shape index (κ1) is 17.9. The van der Waals surface area contributed by atoms with Crippen LogP contribution >= 0.6 is 11.3 Å². The number of thiazole rings is 1. The number of nitro groups is 1. The third-order valence-corrected chi connectivity index (χ3v) is 4.23. The molecule has 0 atom stereocenters. The fraction of sp³-hybridized carbons (Fsp3) is 0. The van der Waals surface area contributed by atoms with Crippen molar-refractivity contribution in [3.63, 3.8) is 0 Å². The van der Waals surface area contributed by atoms with E-state index in [0.29, 0.717) is 10.8 Å². The summed E-state index contributed by atoms with van der Waals surface area (Å²) in [6.07, 6.45) is 3.18. The molecule has 2 aromatic heterocycles. The summed E-state index contributed by atoms with van der Waals surface area (Å²) in [5.74, 6) is -1.35. The number of anilines is 3. The molecule has 3 aromatic rings. The van der Waals surface area contributed by atoms with Crippen molar-refractivity contribution in [1.29, 1.82) is 0 Å². The number of nitrogens with one attached hydrogen (secondary N) is 2. The molecule has 2 amide bonds. The van der Waals surface area contributed by atoms with Crippen LogP contribution in [-0.2, 0) is 0 Å². The Kier molecular flexibility index (Phi) is 5.04. The van der Waals surface area contributed by atoms with Gasteiger partial charge in [0.1, 0.15) is 5.00 Å². The molecular formula is C16H12N6O4S. The third kappa shape index (κ3) is 4.22. The van der Waals surface area contributed by atoms with E-state index in [-0.39, 0.29) is 21.9 Å². The van der Waals surface area contributed by atoms with Crippen LogP contribution in [0.4, 0.5) is 21.5 Å². The van der Waals surface area contributed by atoms with Crippen molar-refractivity contribution in [3.05, 3.63) is 70.2 Å². The summed E-state index contributed by atoms with van der Waals surface area (Å²) < 4.78 is 0. The zero-order valence-corrected chi connectivity index (χ0v) is 14.4. The van der Waals surface area contributed by atoms with Crippen molar-refractivity contribution < 1.29 is 14.5 Å². The van der Waals surface area contributed by atoms with E-state index in [1.165, 1.54) is 24.3 Å². The van der Waals surface area contributed by atoms with Crippen LogP contribution < -0.4 is 16.4 Å². The second-order valence-electron chi connectivity index (χ2n) is 5.19. The molecule has 27 heavy (non-hydrogen) atoms. The number of carbonyl (C=O) groups is 2. The summed E-state index contributed by atoms with van der Waals surface area (Å²) in [5.41, 5.74) is 5.93. The number of nitrogens with two attached hydrogens (primary N) is 1. The molecule has 3 rings (SSSR count). The van der Waals surface area contributed by atoms with E-state index in [0.717, 1.165) is 11.3 Å². The van der Waals surface area contributed by atoms with Crippen LogP contribution in [0.2, 0.25) is 0 Å². The Morgan fingerprint density at radius 3 is 2.52 bits per heavy atom. The number of rotatable bonds is 6. The lowest BCUT2D eigenvalue weighted by Gasteiger charge is -2.03. The molecule has 0 spiro atoms. The molecule has 0 aliphatic rings. The standard InChI is InChI=1S/C16H12N6O4S/c17-13(23)12-15(27-16(20-12)19-10-2-1-7-18-8-10)21-14(24)9-3-5-11(6-4-9)22(25)26/h1-8H,(H2,17,23)(H,19,20)(H,21,24). The number of nitrogens with zero attached hydrogens (tertiary/aromatic N) is 3. The molecule has 0 saturated heterocycles. The fourth-order valence-corrected chi connectivity index (χ4v) is 2.98. The Hall–Kier alpha value is -3.86. The molecule has 11 heteroatoms. The van der Waals surface area contributed by atoms with Crippen molar-refractivity contribution >= 4 is 44.7 Å². The predicted octanol–water partition coefficient (Wildman–Crippen LogP) is 2.54. The molecule has 4 N–H and O–H groups in total. The first-order chi connectivity index (χ1) is 12.9. The van der Waals surface area contributed by atoms with Gasteiger partial charge in [0.25, 0.3) is 17.5 Å². The molecule has 0 radical (unpaired) electrons. The third-order valence-electron chi connectivity index (χ3n) is 3.34. The summed E-state index contributed by atoms with van der Waals surface area (Å²) in [5, 5.41) is 16.7. The zero-order chi connectivity index (χ0) is 19.4. The number of carbonyl (C=O) groups excluding carboxylic acids is 2. The number of aromatic nitrogens is 2. The minimum Gasteiger partial charge on any atom is -0.364 e. The Morgan fingerprint density at radius 2 is 1.93 bits per heavy atom. The van der Waals surface area contributed by atoms with Crippen molar-refractivity contribution in [2.75, 3.05) is 10.6 Å². The van der Waals surface area contributed by atoms with E-state index in [4.69, 9.17) is 5.73 Å². The van der Waals surface area contributed by atoms with Crippen molar-refractivity contribution in [2.45, 2.75) is 0 Å². The molecule has 1 aromatic carbocycles. The first-order valence-corrected chi connectivity index (χ1v) is 8.29. The van der Waals surface area contributed by atoms with Crippen LogP contribution in [0.3, 0.4) is 0 Å². The molecule has 10 nitrogen and oxygen atoms in total. The van der Waals surface area contributed by atoms with E-state index >= 15 is 0 Å². The molecule has 0 unspecified atom stereocenters. The summed E-state index contributed by atoms with van der Waals surface area (Å²) in [7, 11) is 0. The highest BCUT2D eigenvalue weighted by atomic mass is 32.1. The van der Waals surface area contributed by atoms with Gasteiger partial charge in [-0.25, -0.2) is 4.98 Å². The number of hydrogen-bond donors (Lipinski definition) is 3. The molecule has 0 aliphatic carbocycles. The van der Waals surface area contributed by atoms with Gasteiger partial charge in [0.05, 0.1) is 16.8 Å². The van der Waals surface area contributed by atoms with Gasteiger partial charge in [-0.1, -0.05) is 11.3 Å². The SMILES string of the molecule is NC(=O)c1nc(Nc2cccnc2)sc1NC(=O)c1ccc([N+](=O)[O-])cc1. The highest BCUT2D eigenvalue weighted by Gasteiger charge is 2.19. The maximum Gasteiger partial charge on any atom is 0.270 e. The average molecular weight is 384 g/mol. The van der Waals surface area contributed by atoms with Gasteiger partial charge < -0.3 is 16.4 Å². The normalized spacial score (nSPS) is 10.2. The maximum absolute atomic E-state index is 12.4. The molecule has 0 bridgehead atoms. The van der Waals surface area contributed by atoms with Crippen LogP contribution in [0.5, 0.6) is 0 Å². The van der Waals surface area contributed by atoms with Gasteiger partial charge in [0.2, 0.25) is 0 Å². The Labute approximate surface area is 156 Å². The van der Waals surface area contributed by atoms with Gasteiger partial charge in [-0.2, -0.15) is 0 Å². The number of primary amides is 1. The highest BCUT2D eigenvalue weighted by Crippen LogP contribution is 2.30. The highest BCUT2D eigenvalue weighted by molar-refractivity contribution is 7.20. The predicted molar refractivity (Wildman–Crippen MR) is 99.2 cm³/mol. The smallest absolute Gasteiger partial charge is 0.270 e. The second-order valence-corrected chi connectivity index (χ2v) is 6.18. The Balaban J connectivity index is 1.81. The largest absolute Gasteiger partial charge is 0.364 e. The fourth-order valence-electron chi connectivity index (χ4n) is 2.10. The molecular weight excluding hydrogens is 372 g/mol. The Morgan fingerprint density at radius 1 is 1.19 bits per heavy atom. The summed E-state index contributed by atoms with van der Waals surface area (Å²) >= 11 is 1.02. The topological polar surface area (TPSA) is 153 Å². The van der Waals surface area contributed by atoms with Crippen LogP contribution in [0, 0.1) is 10.1 Å². The van der Waals surface area contributed by atoms with Gasteiger partial charge in [-0.3, -0.25) is 24.7 Å². The first-order valence-electron chi connectivity index (χ1n) is 7.47. The van der Waals surface area contributed by atoms with Gasteiger partial charge in [-0.05, 0) is 24.3 Å². The summed E-state index contributed by atoms with van der Waals surface area (Å²) in [6, 6.07) is 8.54. The summed E-state index contributed by atoms with van der Waals surface area (Å²) in [6.45, 7) is 0. The molecule has 2 heterocycles. The van der Waals surface area contributed by atoms with E-state index in [1.807, 2.05) is 0 Å². The summed E-state index contributed by atoms with van der Waals surface area (Å²) in [4.78, 5) is 42.1. The number of amides is 2. The lowest BCUT2D eigenvalue weighted by molar-refractivity contribution is -0.384. The van der Waals surface area contributed by atoms with Crippen LogP contribution in [-0.4, -0.2) is 26.7 Å². The number of non-ortho nitro benzene ring substituents is 1. The van der Waals surface area contributed by atoms with Crippen molar-refractivity contribution in [2.24, 2.45) is 5.73 Å². The van der Waals surface area contributed by atoms with Gasteiger partial charge in [-0.15, -0.1) is 0 Å². The minimum absolute atomic E-state index is 0.0957. The second kappa shape index (κ2) is 7.58. The number of pyridine rings is 1. The number of nitro benzene ring substituents is 1. The minimum atomic E-state index is -0.801. The average Bonchev–Trinajstić information content (AvgIpc) is 3.05.